The number of ether oxygens (including phenoxy) is 2. The van der Waals surface area contributed by atoms with Gasteiger partial charge in [-0.3, -0.25) is 0 Å². The number of esters is 1. The molecule has 0 aromatic heterocycles. The molecule has 0 unspecified atom stereocenters. The van der Waals surface area contributed by atoms with Crippen LogP contribution in [0.5, 0.6) is 0 Å². The van der Waals surface area contributed by atoms with E-state index >= 15 is 0 Å². The molecular formula is C17H21F2NO4. The third-order valence-electron chi connectivity index (χ3n) is 2.70. The van der Waals surface area contributed by atoms with Crippen LogP contribution in [0.3, 0.4) is 0 Å². The van der Waals surface area contributed by atoms with Gasteiger partial charge in [0.2, 0.25) is 0 Å². The van der Waals surface area contributed by atoms with Gasteiger partial charge in [0.15, 0.2) is 11.6 Å². The van der Waals surface area contributed by atoms with Gasteiger partial charge in [0.05, 0.1) is 6.61 Å². The summed E-state index contributed by atoms with van der Waals surface area (Å²) < 4.78 is 37.2. The highest BCUT2D eigenvalue weighted by molar-refractivity contribution is 5.92. The van der Waals surface area contributed by atoms with Crippen molar-refractivity contribution in [1.29, 1.82) is 0 Å². The van der Waals surface area contributed by atoms with Crippen LogP contribution in [0, 0.1) is 11.6 Å². The molecule has 0 radical (unpaired) electrons. The first-order chi connectivity index (χ1) is 11.1. The Balaban J connectivity index is 3.01. The average Bonchev–Trinajstić information content (AvgIpc) is 2.45. The lowest BCUT2D eigenvalue weighted by atomic mass is 10.0. The molecule has 1 aromatic carbocycles. The summed E-state index contributed by atoms with van der Waals surface area (Å²) in [6, 6.07) is 3.57. The minimum atomic E-state index is -1.11. The van der Waals surface area contributed by atoms with Crippen molar-refractivity contribution in [3.05, 3.63) is 41.5 Å². The zero-order valence-corrected chi connectivity index (χ0v) is 14.1. The number of hydrogen-bond acceptors (Lipinski definition) is 4. The molecule has 0 fully saturated rings. The topological polar surface area (TPSA) is 64.6 Å². The Morgan fingerprint density at radius 1 is 1.25 bits per heavy atom. The van der Waals surface area contributed by atoms with Gasteiger partial charge in [0.25, 0.3) is 0 Å². The maximum atomic E-state index is 14.0. The maximum absolute atomic E-state index is 14.0. The minimum Gasteiger partial charge on any atom is -0.463 e. The summed E-state index contributed by atoms with van der Waals surface area (Å²) in [7, 11) is 0. The van der Waals surface area contributed by atoms with Gasteiger partial charge in [-0.1, -0.05) is 12.1 Å². The van der Waals surface area contributed by atoms with E-state index in [0.717, 1.165) is 12.1 Å². The van der Waals surface area contributed by atoms with Crippen molar-refractivity contribution in [3.63, 3.8) is 0 Å². The van der Waals surface area contributed by atoms with Gasteiger partial charge in [-0.15, -0.1) is 0 Å². The number of carbonyl (C=O) groups is 2. The van der Waals surface area contributed by atoms with Gasteiger partial charge in [-0.25, -0.2) is 18.4 Å². The second-order valence-electron chi connectivity index (χ2n) is 5.88. The Kier molecular flexibility index (Phi) is 6.88. The number of amides is 1. The number of hydrogen-bond donors (Lipinski definition) is 1. The van der Waals surface area contributed by atoms with Crippen LogP contribution >= 0.6 is 0 Å². The van der Waals surface area contributed by atoms with E-state index in [-0.39, 0.29) is 24.3 Å². The van der Waals surface area contributed by atoms with E-state index in [2.05, 4.69) is 5.32 Å². The van der Waals surface area contributed by atoms with Crippen LogP contribution in [0.1, 0.15) is 33.3 Å². The summed E-state index contributed by atoms with van der Waals surface area (Å²) in [5.41, 5.74) is -0.783. The SMILES string of the molecule is CCOC(=O)/C=C(/CNC(=O)OC(C)(C)C)c1cccc(F)c1F. The Morgan fingerprint density at radius 2 is 1.92 bits per heavy atom. The van der Waals surface area contributed by atoms with Crippen molar-refractivity contribution in [2.24, 2.45) is 0 Å². The Labute approximate surface area is 139 Å². The van der Waals surface area contributed by atoms with E-state index in [1.54, 1.807) is 27.7 Å². The molecule has 0 aliphatic heterocycles. The molecule has 1 rings (SSSR count). The molecular weight excluding hydrogens is 320 g/mol. The highest BCUT2D eigenvalue weighted by Gasteiger charge is 2.18. The molecule has 0 heterocycles. The molecule has 0 atom stereocenters. The number of benzene rings is 1. The zero-order valence-electron chi connectivity index (χ0n) is 14.1. The van der Waals surface area contributed by atoms with Crippen LogP contribution in [0.2, 0.25) is 0 Å². The molecule has 0 aliphatic rings. The van der Waals surface area contributed by atoms with Crippen LogP contribution in [-0.2, 0) is 14.3 Å². The summed E-state index contributed by atoms with van der Waals surface area (Å²) in [6.07, 6.45) is 0.271. The summed E-state index contributed by atoms with van der Waals surface area (Å²) in [5, 5.41) is 2.41. The van der Waals surface area contributed by atoms with Crippen LogP contribution < -0.4 is 5.32 Å². The molecule has 0 aliphatic carbocycles. The maximum Gasteiger partial charge on any atom is 0.407 e. The molecule has 132 valence electrons. The first kappa shape index (κ1) is 19.6. The summed E-state index contributed by atoms with van der Waals surface area (Å²) in [4.78, 5) is 23.4. The van der Waals surface area contributed by atoms with E-state index < -0.39 is 29.3 Å². The van der Waals surface area contributed by atoms with Gasteiger partial charge in [0, 0.05) is 18.2 Å². The molecule has 7 heteroatoms. The first-order valence-corrected chi connectivity index (χ1v) is 7.42. The molecule has 0 spiro atoms. The van der Waals surface area contributed by atoms with Gasteiger partial charge in [0.1, 0.15) is 5.60 Å². The molecule has 24 heavy (non-hydrogen) atoms. The monoisotopic (exact) mass is 341 g/mol. The fourth-order valence-electron chi connectivity index (χ4n) is 1.78. The van der Waals surface area contributed by atoms with E-state index in [1.165, 1.54) is 12.1 Å². The lowest BCUT2D eigenvalue weighted by Crippen LogP contribution is -2.33. The average molecular weight is 341 g/mol. The minimum absolute atomic E-state index is 0.0660. The first-order valence-electron chi connectivity index (χ1n) is 7.42. The van der Waals surface area contributed by atoms with Crippen LogP contribution in [0.15, 0.2) is 24.3 Å². The van der Waals surface area contributed by atoms with E-state index in [4.69, 9.17) is 9.47 Å². The predicted molar refractivity (Wildman–Crippen MR) is 85.2 cm³/mol. The van der Waals surface area contributed by atoms with Gasteiger partial charge in [-0.2, -0.15) is 0 Å². The molecule has 0 saturated carbocycles. The smallest absolute Gasteiger partial charge is 0.407 e. The van der Waals surface area contributed by atoms with Crippen molar-refractivity contribution >= 4 is 17.6 Å². The number of nitrogens with one attached hydrogen (secondary N) is 1. The van der Waals surface area contributed by atoms with Gasteiger partial charge < -0.3 is 14.8 Å². The molecule has 1 N–H and O–H groups in total. The third-order valence-corrected chi connectivity index (χ3v) is 2.70. The fraction of sp³-hybridized carbons (Fsp3) is 0.412. The van der Waals surface area contributed by atoms with Crippen molar-refractivity contribution in [3.8, 4) is 0 Å². The molecule has 0 saturated heterocycles. The largest absolute Gasteiger partial charge is 0.463 e. The second kappa shape index (κ2) is 8.42. The summed E-state index contributed by atoms with van der Waals surface area (Å²) in [5.74, 6) is -2.89. The third kappa shape index (κ3) is 6.36. The Morgan fingerprint density at radius 3 is 2.50 bits per heavy atom. The van der Waals surface area contributed by atoms with Crippen molar-refractivity contribution < 1.29 is 27.8 Å². The lowest BCUT2D eigenvalue weighted by Gasteiger charge is -2.20. The molecule has 1 aromatic rings. The van der Waals surface area contributed by atoms with Gasteiger partial charge in [-0.05, 0) is 39.3 Å². The Bertz CT molecular complexity index is 636. The predicted octanol–water partition coefficient (Wildman–Crippen LogP) is 3.44. The number of alkyl carbamates (subject to hydrolysis) is 1. The molecule has 5 nitrogen and oxygen atoms in total. The fourth-order valence-corrected chi connectivity index (χ4v) is 1.78. The quantitative estimate of drug-likeness (QED) is 0.658. The Hall–Kier alpha value is -2.44. The second-order valence-corrected chi connectivity index (χ2v) is 5.88. The van der Waals surface area contributed by atoms with Crippen molar-refractivity contribution in [2.45, 2.75) is 33.3 Å². The highest BCUT2D eigenvalue weighted by atomic mass is 19.2. The zero-order chi connectivity index (χ0) is 18.3. The standard InChI is InChI=1S/C17H21F2NO4/c1-5-23-14(21)9-11(10-20-16(22)24-17(2,3)4)12-7-6-8-13(18)15(12)19/h6-9H,5,10H2,1-4H3,(H,20,22)/b11-9-. The van der Waals surface area contributed by atoms with Crippen LogP contribution in [0.25, 0.3) is 5.57 Å². The van der Waals surface area contributed by atoms with Crippen LogP contribution in [-0.4, -0.2) is 30.8 Å². The summed E-state index contributed by atoms with van der Waals surface area (Å²) in [6.45, 7) is 6.59. The van der Waals surface area contributed by atoms with E-state index in [9.17, 15) is 18.4 Å². The van der Waals surface area contributed by atoms with Crippen molar-refractivity contribution in [1.82, 2.24) is 5.32 Å². The number of halogens is 2. The van der Waals surface area contributed by atoms with Crippen molar-refractivity contribution in [2.75, 3.05) is 13.2 Å². The molecule has 0 bridgehead atoms. The summed E-state index contributed by atoms with van der Waals surface area (Å²) >= 11 is 0. The number of rotatable bonds is 5. The van der Waals surface area contributed by atoms with E-state index in [0.29, 0.717) is 0 Å². The lowest BCUT2D eigenvalue weighted by molar-refractivity contribution is -0.137. The number of carbonyl (C=O) groups excluding carboxylic acids is 2. The van der Waals surface area contributed by atoms with Crippen LogP contribution in [0.4, 0.5) is 13.6 Å². The van der Waals surface area contributed by atoms with E-state index in [1.807, 2.05) is 0 Å². The molecule has 1 amide bonds. The normalized spacial score (nSPS) is 11.8. The van der Waals surface area contributed by atoms with Gasteiger partial charge >= 0.3 is 12.1 Å². The highest BCUT2D eigenvalue weighted by Crippen LogP contribution is 2.20.